The third-order valence-electron chi connectivity index (χ3n) is 4.43. The minimum absolute atomic E-state index is 0.131. The summed E-state index contributed by atoms with van der Waals surface area (Å²) in [5.74, 6) is -3.74. The smallest absolute Gasteiger partial charge is 0.409 e. The molecule has 11 heteroatoms. The monoisotopic (exact) mass is 393 g/mol. The van der Waals surface area contributed by atoms with E-state index in [0.717, 1.165) is 11.0 Å². The SMILES string of the molecule is O=C(Oc1ccc(C(F)(F)F)nc1)N1C[C@H](N2CCCC2=O)CC(F)(F)C1. The van der Waals surface area contributed by atoms with Gasteiger partial charge in [0.15, 0.2) is 5.75 Å². The molecular weight excluding hydrogens is 377 g/mol. The normalized spacial score (nSPS) is 22.9. The van der Waals surface area contributed by atoms with E-state index in [-0.39, 0.29) is 24.6 Å². The highest BCUT2D eigenvalue weighted by atomic mass is 19.4. The molecule has 0 saturated carbocycles. The fourth-order valence-electron chi connectivity index (χ4n) is 3.25. The number of hydrogen-bond donors (Lipinski definition) is 0. The predicted molar refractivity (Wildman–Crippen MR) is 81.1 cm³/mol. The van der Waals surface area contributed by atoms with Gasteiger partial charge in [-0.15, -0.1) is 0 Å². The number of carbonyl (C=O) groups is 2. The van der Waals surface area contributed by atoms with Crippen molar-refractivity contribution in [2.45, 2.75) is 37.4 Å². The topological polar surface area (TPSA) is 62.7 Å². The van der Waals surface area contributed by atoms with Crippen molar-refractivity contribution in [3.8, 4) is 5.75 Å². The van der Waals surface area contributed by atoms with E-state index in [1.54, 1.807) is 0 Å². The Labute approximate surface area is 150 Å². The second kappa shape index (κ2) is 6.93. The van der Waals surface area contributed by atoms with E-state index >= 15 is 0 Å². The van der Waals surface area contributed by atoms with Crippen LogP contribution in [0.15, 0.2) is 18.3 Å². The van der Waals surface area contributed by atoms with Crippen LogP contribution in [-0.4, -0.2) is 58.4 Å². The Bertz CT molecular complexity index is 723. The molecule has 1 aromatic rings. The first-order chi connectivity index (χ1) is 12.5. The molecule has 2 aliphatic heterocycles. The number of carbonyl (C=O) groups excluding carboxylic acids is 2. The molecule has 0 aliphatic carbocycles. The number of pyridine rings is 1. The summed E-state index contributed by atoms with van der Waals surface area (Å²) in [7, 11) is 0. The maximum absolute atomic E-state index is 14.0. The van der Waals surface area contributed by atoms with Crippen molar-refractivity contribution in [3.05, 3.63) is 24.0 Å². The highest BCUT2D eigenvalue weighted by Crippen LogP contribution is 2.32. The first-order valence-electron chi connectivity index (χ1n) is 8.22. The van der Waals surface area contributed by atoms with E-state index in [0.29, 0.717) is 25.2 Å². The van der Waals surface area contributed by atoms with Crippen molar-refractivity contribution >= 4 is 12.0 Å². The molecule has 1 atom stereocenters. The zero-order chi connectivity index (χ0) is 19.8. The number of rotatable bonds is 2. The van der Waals surface area contributed by atoms with Crippen molar-refractivity contribution in [3.63, 3.8) is 0 Å². The van der Waals surface area contributed by atoms with Crippen LogP contribution in [0.5, 0.6) is 5.75 Å². The average Bonchev–Trinajstić information content (AvgIpc) is 2.99. The van der Waals surface area contributed by atoms with Gasteiger partial charge in [0.25, 0.3) is 5.92 Å². The number of amides is 2. The number of nitrogens with zero attached hydrogens (tertiary/aromatic N) is 3. The molecule has 1 aromatic heterocycles. The van der Waals surface area contributed by atoms with Crippen LogP contribution in [0.3, 0.4) is 0 Å². The summed E-state index contributed by atoms with van der Waals surface area (Å²) < 4.78 is 70.4. The van der Waals surface area contributed by atoms with E-state index in [4.69, 9.17) is 4.74 Å². The molecule has 2 fully saturated rings. The summed E-state index contributed by atoms with van der Waals surface area (Å²) in [6.07, 6.45) is -4.78. The number of alkyl halides is 5. The molecule has 0 aromatic carbocycles. The van der Waals surface area contributed by atoms with Gasteiger partial charge in [0.1, 0.15) is 5.69 Å². The lowest BCUT2D eigenvalue weighted by molar-refractivity contribution is -0.141. The minimum Gasteiger partial charge on any atom is -0.409 e. The van der Waals surface area contributed by atoms with Gasteiger partial charge in [0.05, 0.1) is 18.8 Å². The lowest BCUT2D eigenvalue weighted by atomic mass is 10.0. The van der Waals surface area contributed by atoms with Gasteiger partial charge in [-0.05, 0) is 18.6 Å². The minimum atomic E-state index is -4.65. The van der Waals surface area contributed by atoms with Crippen LogP contribution in [0.25, 0.3) is 0 Å². The highest BCUT2D eigenvalue weighted by Gasteiger charge is 2.46. The van der Waals surface area contributed by atoms with Crippen molar-refractivity contribution < 1.29 is 36.3 Å². The van der Waals surface area contributed by atoms with Gasteiger partial charge in [-0.3, -0.25) is 9.69 Å². The lowest BCUT2D eigenvalue weighted by Crippen LogP contribution is -2.57. The quantitative estimate of drug-likeness (QED) is 0.725. The molecule has 6 nitrogen and oxygen atoms in total. The predicted octanol–water partition coefficient (Wildman–Crippen LogP) is 2.93. The summed E-state index contributed by atoms with van der Waals surface area (Å²) in [5.41, 5.74) is -1.17. The molecular formula is C16H16F5N3O3. The molecule has 2 aliphatic rings. The summed E-state index contributed by atoms with van der Waals surface area (Å²) in [5, 5.41) is 0. The van der Waals surface area contributed by atoms with Gasteiger partial charge in [-0.25, -0.2) is 18.6 Å². The number of halogens is 5. The van der Waals surface area contributed by atoms with Crippen LogP contribution in [0.1, 0.15) is 25.0 Å². The molecule has 0 radical (unpaired) electrons. The Balaban J connectivity index is 1.68. The summed E-state index contributed by atoms with van der Waals surface area (Å²) in [4.78, 5) is 29.3. The van der Waals surface area contributed by atoms with Crippen LogP contribution < -0.4 is 4.74 Å². The lowest BCUT2D eigenvalue weighted by Gasteiger charge is -2.40. The van der Waals surface area contributed by atoms with Gasteiger partial charge < -0.3 is 9.64 Å². The van der Waals surface area contributed by atoms with Gasteiger partial charge >= 0.3 is 12.3 Å². The number of likely N-dealkylation sites (tertiary alicyclic amines) is 2. The van der Waals surface area contributed by atoms with Gasteiger partial charge in [-0.1, -0.05) is 0 Å². The zero-order valence-electron chi connectivity index (χ0n) is 14.0. The molecule has 27 heavy (non-hydrogen) atoms. The highest BCUT2D eigenvalue weighted by molar-refractivity contribution is 5.78. The first-order valence-corrected chi connectivity index (χ1v) is 8.22. The van der Waals surface area contributed by atoms with Crippen LogP contribution in [0.2, 0.25) is 0 Å². The van der Waals surface area contributed by atoms with Crippen molar-refractivity contribution in [2.75, 3.05) is 19.6 Å². The zero-order valence-corrected chi connectivity index (χ0v) is 14.0. The summed E-state index contributed by atoms with van der Waals surface area (Å²) in [6, 6.07) is 0.679. The van der Waals surface area contributed by atoms with E-state index in [2.05, 4.69) is 4.98 Å². The molecule has 3 rings (SSSR count). The van der Waals surface area contributed by atoms with Gasteiger partial charge in [0, 0.05) is 25.9 Å². The Morgan fingerprint density at radius 2 is 2.04 bits per heavy atom. The maximum atomic E-state index is 14.0. The second-order valence-corrected chi connectivity index (χ2v) is 6.53. The standard InChI is InChI=1S/C16H16F5N3O3/c17-15(18)6-10(24-5-1-2-13(24)25)8-23(9-15)14(26)27-11-3-4-12(22-7-11)16(19,20)21/h3-4,7,10H,1-2,5-6,8-9H2/t10-/m1/s1. The van der Waals surface area contributed by atoms with E-state index in [9.17, 15) is 31.5 Å². The van der Waals surface area contributed by atoms with Crippen LogP contribution in [0.4, 0.5) is 26.7 Å². The number of piperidine rings is 1. The van der Waals surface area contributed by atoms with E-state index in [1.807, 2.05) is 0 Å². The Hall–Kier alpha value is -2.46. The molecule has 0 unspecified atom stereocenters. The Morgan fingerprint density at radius 3 is 2.59 bits per heavy atom. The molecule has 148 valence electrons. The third kappa shape index (κ3) is 4.45. The van der Waals surface area contributed by atoms with Crippen LogP contribution in [0, 0.1) is 0 Å². The third-order valence-corrected chi connectivity index (χ3v) is 4.43. The van der Waals surface area contributed by atoms with Crippen molar-refractivity contribution in [1.29, 1.82) is 0 Å². The Kier molecular flexibility index (Phi) is 4.96. The largest absolute Gasteiger partial charge is 0.433 e. The Morgan fingerprint density at radius 1 is 1.30 bits per heavy atom. The van der Waals surface area contributed by atoms with E-state index in [1.165, 1.54) is 4.90 Å². The average molecular weight is 393 g/mol. The van der Waals surface area contributed by atoms with Crippen molar-refractivity contribution in [2.24, 2.45) is 0 Å². The fraction of sp³-hybridized carbons (Fsp3) is 0.562. The van der Waals surface area contributed by atoms with Crippen LogP contribution >= 0.6 is 0 Å². The summed E-state index contributed by atoms with van der Waals surface area (Å²) in [6.45, 7) is -0.669. The van der Waals surface area contributed by atoms with Crippen LogP contribution in [-0.2, 0) is 11.0 Å². The molecule has 2 amide bonds. The first kappa shape index (κ1) is 19.3. The number of ether oxygens (including phenoxy) is 1. The van der Waals surface area contributed by atoms with E-state index < -0.39 is 42.9 Å². The maximum Gasteiger partial charge on any atom is 0.433 e. The molecule has 0 N–H and O–H groups in total. The molecule has 3 heterocycles. The fourth-order valence-corrected chi connectivity index (χ4v) is 3.25. The molecule has 0 bridgehead atoms. The number of hydrogen-bond acceptors (Lipinski definition) is 4. The summed E-state index contributed by atoms with van der Waals surface area (Å²) >= 11 is 0. The second-order valence-electron chi connectivity index (χ2n) is 6.53. The number of aromatic nitrogens is 1. The molecule has 2 saturated heterocycles. The van der Waals surface area contributed by atoms with Crippen molar-refractivity contribution in [1.82, 2.24) is 14.8 Å². The van der Waals surface area contributed by atoms with Gasteiger partial charge in [-0.2, -0.15) is 13.2 Å². The van der Waals surface area contributed by atoms with Gasteiger partial charge in [0.2, 0.25) is 5.91 Å². The molecule has 0 spiro atoms.